The number of benzene rings is 1. The molecule has 0 aromatic heterocycles. The van der Waals surface area contributed by atoms with Gasteiger partial charge in [0.1, 0.15) is 6.04 Å². The van der Waals surface area contributed by atoms with Gasteiger partial charge >= 0.3 is 5.97 Å². The summed E-state index contributed by atoms with van der Waals surface area (Å²) in [5.74, 6) is -1.32. The van der Waals surface area contributed by atoms with Crippen LogP contribution in [0.5, 0.6) is 0 Å². The number of hydrogen-bond acceptors (Lipinski definition) is 3. The largest absolute Gasteiger partial charge is 0.480 e. The molecule has 1 atom stereocenters. The van der Waals surface area contributed by atoms with Gasteiger partial charge in [0.15, 0.2) is 0 Å². The van der Waals surface area contributed by atoms with E-state index in [4.69, 9.17) is 5.11 Å². The van der Waals surface area contributed by atoms with Crippen LogP contribution in [0.15, 0.2) is 24.3 Å². The van der Waals surface area contributed by atoms with Gasteiger partial charge in [0.2, 0.25) is 5.91 Å². The van der Waals surface area contributed by atoms with E-state index < -0.39 is 12.0 Å². The molecule has 6 heteroatoms. The van der Waals surface area contributed by atoms with Crippen LogP contribution >= 0.6 is 0 Å². The minimum atomic E-state index is -1.02. The molecule has 6 nitrogen and oxygen atoms in total. The summed E-state index contributed by atoms with van der Waals surface area (Å²) in [6.07, 6.45) is 1.02. The predicted octanol–water partition coefficient (Wildman–Crippen LogP) is 1.59. The van der Waals surface area contributed by atoms with Gasteiger partial charge < -0.3 is 15.7 Å². The van der Waals surface area contributed by atoms with E-state index in [2.05, 4.69) is 10.6 Å². The fourth-order valence-electron chi connectivity index (χ4n) is 2.23. The van der Waals surface area contributed by atoms with Crippen molar-refractivity contribution in [2.45, 2.75) is 39.2 Å². The van der Waals surface area contributed by atoms with Crippen molar-refractivity contribution in [2.24, 2.45) is 5.92 Å². The van der Waals surface area contributed by atoms with Gasteiger partial charge in [-0.05, 0) is 36.5 Å². The maximum absolute atomic E-state index is 11.9. The van der Waals surface area contributed by atoms with Crippen LogP contribution in [-0.2, 0) is 16.0 Å². The zero-order valence-electron chi connectivity index (χ0n) is 13.8. The molecule has 0 spiro atoms. The van der Waals surface area contributed by atoms with Gasteiger partial charge in [-0.25, -0.2) is 4.79 Å². The third-order valence-corrected chi connectivity index (χ3v) is 3.40. The molecule has 23 heavy (non-hydrogen) atoms. The van der Waals surface area contributed by atoms with Gasteiger partial charge in [0.25, 0.3) is 5.91 Å². The Hall–Kier alpha value is -2.37. The summed E-state index contributed by atoms with van der Waals surface area (Å²) in [4.78, 5) is 34.6. The number of carboxylic acids is 1. The lowest BCUT2D eigenvalue weighted by Crippen LogP contribution is -2.41. The van der Waals surface area contributed by atoms with Crippen LogP contribution in [0.1, 0.15) is 42.6 Å². The second-order valence-corrected chi connectivity index (χ2v) is 5.87. The van der Waals surface area contributed by atoms with Crippen LogP contribution in [0.4, 0.5) is 0 Å². The summed E-state index contributed by atoms with van der Waals surface area (Å²) >= 11 is 0. The fraction of sp³-hybridized carbons (Fsp3) is 0.471. The van der Waals surface area contributed by atoms with Crippen LogP contribution in [0.25, 0.3) is 0 Å². The van der Waals surface area contributed by atoms with Gasteiger partial charge in [-0.15, -0.1) is 0 Å². The van der Waals surface area contributed by atoms with Crippen LogP contribution < -0.4 is 10.6 Å². The highest BCUT2D eigenvalue weighted by molar-refractivity contribution is 5.94. The molecule has 2 amide bonds. The molecule has 0 radical (unpaired) electrons. The van der Waals surface area contributed by atoms with Crippen molar-refractivity contribution < 1.29 is 19.5 Å². The first-order chi connectivity index (χ1) is 10.8. The molecule has 0 saturated heterocycles. The highest BCUT2D eigenvalue weighted by Crippen LogP contribution is 2.09. The Morgan fingerprint density at radius 2 is 1.91 bits per heavy atom. The molecule has 1 unspecified atom stereocenters. The van der Waals surface area contributed by atoms with Crippen LogP contribution in [-0.4, -0.2) is 36.0 Å². The molecule has 0 fully saturated rings. The number of aliphatic carboxylic acids is 1. The minimum absolute atomic E-state index is 0.180. The summed E-state index contributed by atoms with van der Waals surface area (Å²) in [7, 11) is 1.56. The van der Waals surface area contributed by atoms with E-state index in [0.717, 1.165) is 5.56 Å². The zero-order valence-corrected chi connectivity index (χ0v) is 13.8. The number of aryl methyl sites for hydroxylation is 1. The molecule has 0 aliphatic rings. The molecule has 0 saturated carbocycles. The number of hydrogen-bond donors (Lipinski definition) is 3. The smallest absolute Gasteiger partial charge is 0.326 e. The van der Waals surface area contributed by atoms with Crippen molar-refractivity contribution in [3.63, 3.8) is 0 Å². The molecular weight excluding hydrogens is 296 g/mol. The Kier molecular flexibility index (Phi) is 7.25. The van der Waals surface area contributed by atoms with Crippen molar-refractivity contribution in [3.05, 3.63) is 35.4 Å². The van der Waals surface area contributed by atoms with Crippen molar-refractivity contribution >= 4 is 17.8 Å². The van der Waals surface area contributed by atoms with Gasteiger partial charge in [-0.3, -0.25) is 9.59 Å². The third kappa shape index (κ3) is 6.50. The molecular formula is C17H24N2O4. The minimum Gasteiger partial charge on any atom is -0.480 e. The average Bonchev–Trinajstić information content (AvgIpc) is 2.51. The summed E-state index contributed by atoms with van der Waals surface area (Å²) in [5.41, 5.74) is 1.39. The van der Waals surface area contributed by atoms with Crippen molar-refractivity contribution in [1.29, 1.82) is 0 Å². The molecule has 1 rings (SSSR count). The van der Waals surface area contributed by atoms with Gasteiger partial charge in [-0.1, -0.05) is 26.0 Å². The highest BCUT2D eigenvalue weighted by atomic mass is 16.4. The number of carbonyl (C=O) groups is 3. The molecule has 0 aliphatic carbocycles. The lowest BCUT2D eigenvalue weighted by Gasteiger charge is -2.16. The van der Waals surface area contributed by atoms with E-state index in [0.29, 0.717) is 18.4 Å². The first-order valence-electron chi connectivity index (χ1n) is 7.66. The van der Waals surface area contributed by atoms with Crippen LogP contribution in [0.2, 0.25) is 0 Å². The van der Waals surface area contributed by atoms with E-state index in [1.807, 2.05) is 19.9 Å². The quantitative estimate of drug-likeness (QED) is 0.678. The van der Waals surface area contributed by atoms with Crippen molar-refractivity contribution in [1.82, 2.24) is 10.6 Å². The monoisotopic (exact) mass is 320 g/mol. The molecule has 0 aliphatic heterocycles. The number of amides is 2. The van der Waals surface area contributed by atoms with Crippen LogP contribution in [0, 0.1) is 5.92 Å². The number of carboxylic acid groups (broad SMARTS) is 1. The Bertz CT molecular complexity index is 569. The standard InChI is InChI=1S/C17H24N2O4/c1-11(2)9-14(17(22)23)19-15(20)8-7-12-5-4-6-13(10-12)16(21)18-3/h4-6,10-11,14H,7-9H2,1-3H3,(H,18,21)(H,19,20)(H,22,23). The van der Waals surface area contributed by atoms with E-state index in [9.17, 15) is 14.4 Å². The summed E-state index contributed by atoms with van der Waals surface area (Å²) in [6.45, 7) is 3.82. The first-order valence-corrected chi connectivity index (χ1v) is 7.66. The maximum atomic E-state index is 11.9. The van der Waals surface area contributed by atoms with Gasteiger partial charge in [0.05, 0.1) is 0 Å². The fourth-order valence-corrected chi connectivity index (χ4v) is 2.23. The van der Waals surface area contributed by atoms with E-state index in [1.165, 1.54) is 0 Å². The average molecular weight is 320 g/mol. The third-order valence-electron chi connectivity index (χ3n) is 3.40. The van der Waals surface area contributed by atoms with Crippen LogP contribution in [0.3, 0.4) is 0 Å². The lowest BCUT2D eigenvalue weighted by molar-refractivity contribution is -0.142. The first kappa shape index (κ1) is 18.7. The van der Waals surface area contributed by atoms with Crippen molar-refractivity contribution in [2.75, 3.05) is 7.05 Å². The molecule has 126 valence electrons. The van der Waals surface area contributed by atoms with Crippen molar-refractivity contribution in [3.8, 4) is 0 Å². The summed E-state index contributed by atoms with van der Waals surface area (Å²) < 4.78 is 0. The molecule has 0 bridgehead atoms. The topological polar surface area (TPSA) is 95.5 Å². The van der Waals surface area contributed by atoms with Gasteiger partial charge in [-0.2, -0.15) is 0 Å². The SMILES string of the molecule is CNC(=O)c1cccc(CCC(=O)NC(CC(C)C)C(=O)O)c1. The number of carbonyl (C=O) groups excluding carboxylic acids is 2. The molecule has 0 heterocycles. The number of rotatable bonds is 8. The predicted molar refractivity (Wildman–Crippen MR) is 87.2 cm³/mol. The molecule has 1 aromatic carbocycles. The zero-order chi connectivity index (χ0) is 17.4. The maximum Gasteiger partial charge on any atom is 0.326 e. The Morgan fingerprint density at radius 3 is 2.48 bits per heavy atom. The van der Waals surface area contributed by atoms with E-state index in [-0.39, 0.29) is 24.2 Å². The Morgan fingerprint density at radius 1 is 1.22 bits per heavy atom. The van der Waals surface area contributed by atoms with E-state index in [1.54, 1.807) is 25.2 Å². The van der Waals surface area contributed by atoms with Gasteiger partial charge in [0, 0.05) is 19.0 Å². The molecule has 3 N–H and O–H groups in total. The second-order valence-electron chi connectivity index (χ2n) is 5.87. The second kappa shape index (κ2) is 8.92. The molecule has 1 aromatic rings. The van der Waals surface area contributed by atoms with E-state index >= 15 is 0 Å². The summed E-state index contributed by atoms with van der Waals surface area (Å²) in [5, 5.41) is 14.2. The Balaban J connectivity index is 2.58. The summed E-state index contributed by atoms with van der Waals surface area (Å²) in [6, 6.07) is 6.17. The number of nitrogens with one attached hydrogen (secondary N) is 2. The Labute approximate surface area is 136 Å². The normalized spacial score (nSPS) is 11.8. The lowest BCUT2D eigenvalue weighted by atomic mass is 10.0. The highest BCUT2D eigenvalue weighted by Gasteiger charge is 2.20.